The molecular weight excluding hydrogens is 194 g/mol. The standard InChI is InChI=1S/C9H13N5O/c1-6(8-4-10-5-11-8)13-14-9(15)12-7-2-3-7/h4-5,7,13H,1-3H2,(H,10,11)(H2,12,14,15). The van der Waals surface area contributed by atoms with Crippen molar-refractivity contribution in [2.24, 2.45) is 0 Å². The maximum Gasteiger partial charge on any atom is 0.333 e. The number of aromatic nitrogens is 2. The van der Waals surface area contributed by atoms with Crippen molar-refractivity contribution in [1.29, 1.82) is 0 Å². The summed E-state index contributed by atoms with van der Waals surface area (Å²) in [6.07, 6.45) is 5.30. The molecule has 0 aliphatic heterocycles. The van der Waals surface area contributed by atoms with Crippen molar-refractivity contribution in [2.45, 2.75) is 18.9 Å². The van der Waals surface area contributed by atoms with E-state index in [0.717, 1.165) is 18.5 Å². The van der Waals surface area contributed by atoms with Gasteiger partial charge in [0, 0.05) is 6.04 Å². The molecule has 1 aliphatic rings. The summed E-state index contributed by atoms with van der Waals surface area (Å²) in [6.45, 7) is 3.74. The summed E-state index contributed by atoms with van der Waals surface area (Å²) in [5, 5.41) is 2.78. The van der Waals surface area contributed by atoms with Gasteiger partial charge < -0.3 is 10.3 Å². The van der Waals surface area contributed by atoms with Gasteiger partial charge in [-0.3, -0.25) is 10.9 Å². The van der Waals surface area contributed by atoms with Crippen LogP contribution < -0.4 is 16.2 Å². The van der Waals surface area contributed by atoms with Gasteiger partial charge in [0.05, 0.1) is 23.9 Å². The molecule has 1 aliphatic carbocycles. The quantitative estimate of drug-likeness (QED) is 0.537. The lowest BCUT2D eigenvalue weighted by Gasteiger charge is -2.09. The molecule has 0 saturated heterocycles. The molecular formula is C9H13N5O. The third kappa shape index (κ3) is 2.73. The van der Waals surface area contributed by atoms with Gasteiger partial charge >= 0.3 is 6.03 Å². The summed E-state index contributed by atoms with van der Waals surface area (Å²) in [6, 6.07) is 0.102. The average molecular weight is 207 g/mol. The number of rotatable bonds is 4. The van der Waals surface area contributed by atoms with Crippen LogP contribution in [0.4, 0.5) is 4.79 Å². The molecule has 2 rings (SSSR count). The number of amides is 2. The van der Waals surface area contributed by atoms with Crippen LogP contribution in [0, 0.1) is 0 Å². The smallest absolute Gasteiger partial charge is 0.333 e. The van der Waals surface area contributed by atoms with Gasteiger partial charge in [-0.2, -0.15) is 0 Å². The summed E-state index contributed by atoms with van der Waals surface area (Å²) in [7, 11) is 0. The number of hydrazine groups is 1. The van der Waals surface area contributed by atoms with Crippen LogP contribution in [0.2, 0.25) is 0 Å². The lowest BCUT2D eigenvalue weighted by Crippen LogP contribution is -2.43. The largest absolute Gasteiger partial charge is 0.343 e. The highest BCUT2D eigenvalue weighted by molar-refractivity contribution is 5.75. The van der Waals surface area contributed by atoms with E-state index < -0.39 is 0 Å². The Morgan fingerprint density at radius 3 is 2.93 bits per heavy atom. The second kappa shape index (κ2) is 4.04. The van der Waals surface area contributed by atoms with Crippen LogP contribution in [0.5, 0.6) is 0 Å². The van der Waals surface area contributed by atoms with E-state index in [2.05, 4.69) is 32.7 Å². The van der Waals surface area contributed by atoms with Gasteiger partial charge in [-0.25, -0.2) is 9.78 Å². The monoisotopic (exact) mass is 207 g/mol. The van der Waals surface area contributed by atoms with Gasteiger partial charge in [0.1, 0.15) is 0 Å². The van der Waals surface area contributed by atoms with Gasteiger partial charge in [0.25, 0.3) is 0 Å². The molecule has 0 unspecified atom stereocenters. The number of carbonyl (C=O) groups excluding carboxylic acids is 1. The SMILES string of the molecule is C=C(NNC(=O)NC1CC1)c1cnc[nH]1. The zero-order chi connectivity index (χ0) is 10.7. The Balaban J connectivity index is 1.72. The summed E-state index contributed by atoms with van der Waals surface area (Å²) >= 11 is 0. The van der Waals surface area contributed by atoms with Gasteiger partial charge in [-0.15, -0.1) is 0 Å². The van der Waals surface area contributed by atoms with E-state index in [0.29, 0.717) is 11.7 Å². The number of nitrogens with zero attached hydrogens (tertiary/aromatic N) is 1. The Hall–Kier alpha value is -1.98. The highest BCUT2D eigenvalue weighted by Crippen LogP contribution is 2.18. The van der Waals surface area contributed by atoms with E-state index in [1.54, 1.807) is 12.5 Å². The predicted molar refractivity (Wildman–Crippen MR) is 55.4 cm³/mol. The minimum atomic E-state index is -0.238. The maximum atomic E-state index is 11.2. The van der Waals surface area contributed by atoms with E-state index in [9.17, 15) is 4.79 Å². The first kappa shape index (κ1) is 9.57. The Morgan fingerprint density at radius 1 is 1.53 bits per heavy atom. The summed E-state index contributed by atoms with van der Waals surface area (Å²) < 4.78 is 0. The fourth-order valence-electron chi connectivity index (χ4n) is 1.07. The fourth-order valence-corrected chi connectivity index (χ4v) is 1.07. The molecule has 1 fully saturated rings. The first-order chi connectivity index (χ1) is 7.25. The molecule has 1 aromatic heterocycles. The van der Waals surface area contributed by atoms with Gasteiger partial charge in [-0.05, 0) is 12.8 Å². The van der Waals surface area contributed by atoms with Crippen molar-refractivity contribution in [3.8, 4) is 0 Å². The topological polar surface area (TPSA) is 81.8 Å². The molecule has 1 aromatic rings. The number of nitrogens with one attached hydrogen (secondary N) is 4. The highest BCUT2D eigenvalue weighted by atomic mass is 16.2. The minimum Gasteiger partial charge on any atom is -0.343 e. The Bertz CT molecular complexity index is 355. The van der Waals surface area contributed by atoms with E-state index >= 15 is 0 Å². The molecule has 6 heteroatoms. The van der Waals surface area contributed by atoms with Crippen LogP contribution in [0.3, 0.4) is 0 Å². The predicted octanol–water partition coefficient (Wildman–Crippen LogP) is 0.347. The molecule has 0 spiro atoms. The van der Waals surface area contributed by atoms with Crippen molar-refractivity contribution < 1.29 is 4.79 Å². The molecule has 0 radical (unpaired) electrons. The third-order valence-corrected chi connectivity index (χ3v) is 2.06. The minimum absolute atomic E-state index is 0.238. The van der Waals surface area contributed by atoms with Crippen molar-refractivity contribution in [2.75, 3.05) is 0 Å². The molecule has 4 N–H and O–H groups in total. The van der Waals surface area contributed by atoms with Crippen LogP contribution in [0.15, 0.2) is 19.1 Å². The van der Waals surface area contributed by atoms with E-state index in [1.807, 2.05) is 0 Å². The molecule has 80 valence electrons. The van der Waals surface area contributed by atoms with Crippen LogP contribution in [-0.4, -0.2) is 22.0 Å². The van der Waals surface area contributed by atoms with E-state index in [1.165, 1.54) is 0 Å². The Labute approximate surface area is 87.1 Å². The number of H-pyrrole nitrogens is 1. The van der Waals surface area contributed by atoms with E-state index in [4.69, 9.17) is 0 Å². The number of urea groups is 1. The molecule has 0 bridgehead atoms. The summed E-state index contributed by atoms with van der Waals surface area (Å²) in [5.41, 5.74) is 6.49. The third-order valence-electron chi connectivity index (χ3n) is 2.06. The van der Waals surface area contributed by atoms with Crippen molar-refractivity contribution in [1.82, 2.24) is 26.1 Å². The second-order valence-electron chi connectivity index (χ2n) is 3.44. The second-order valence-corrected chi connectivity index (χ2v) is 3.44. The number of imidazole rings is 1. The number of hydrogen-bond donors (Lipinski definition) is 4. The lowest BCUT2D eigenvalue weighted by atomic mass is 10.4. The van der Waals surface area contributed by atoms with Crippen LogP contribution in [0.25, 0.3) is 5.70 Å². The molecule has 1 heterocycles. The first-order valence-corrected chi connectivity index (χ1v) is 4.76. The average Bonchev–Trinajstić information content (AvgIpc) is 2.86. The molecule has 2 amide bonds. The molecule has 0 aromatic carbocycles. The van der Waals surface area contributed by atoms with Crippen molar-refractivity contribution >= 4 is 11.7 Å². The lowest BCUT2D eigenvalue weighted by molar-refractivity contribution is 0.238. The Kier molecular flexibility index (Phi) is 2.57. The van der Waals surface area contributed by atoms with Crippen LogP contribution >= 0.6 is 0 Å². The maximum absolute atomic E-state index is 11.2. The van der Waals surface area contributed by atoms with Gasteiger partial charge in [0.15, 0.2) is 0 Å². The molecule has 0 atom stereocenters. The molecule has 6 nitrogen and oxygen atoms in total. The first-order valence-electron chi connectivity index (χ1n) is 4.76. The number of hydrogen-bond acceptors (Lipinski definition) is 3. The zero-order valence-corrected chi connectivity index (χ0v) is 8.21. The molecule has 1 saturated carbocycles. The highest BCUT2D eigenvalue weighted by Gasteiger charge is 2.22. The summed E-state index contributed by atoms with van der Waals surface area (Å²) in [4.78, 5) is 17.9. The van der Waals surface area contributed by atoms with Crippen molar-refractivity contribution in [3.05, 3.63) is 24.8 Å². The number of carbonyl (C=O) groups is 1. The van der Waals surface area contributed by atoms with Crippen LogP contribution in [-0.2, 0) is 0 Å². The van der Waals surface area contributed by atoms with Crippen LogP contribution in [0.1, 0.15) is 18.5 Å². The fraction of sp³-hybridized carbons (Fsp3) is 0.333. The zero-order valence-electron chi connectivity index (χ0n) is 8.21. The molecule has 15 heavy (non-hydrogen) atoms. The summed E-state index contributed by atoms with van der Waals surface area (Å²) in [5.74, 6) is 0. The van der Waals surface area contributed by atoms with Gasteiger partial charge in [-0.1, -0.05) is 6.58 Å². The van der Waals surface area contributed by atoms with Gasteiger partial charge in [0.2, 0.25) is 0 Å². The normalized spacial score (nSPS) is 14.4. The van der Waals surface area contributed by atoms with E-state index in [-0.39, 0.29) is 6.03 Å². The number of aromatic amines is 1. The van der Waals surface area contributed by atoms with Crippen molar-refractivity contribution in [3.63, 3.8) is 0 Å². The Morgan fingerprint density at radius 2 is 2.33 bits per heavy atom.